The number of nitrogens with one attached hydrogen (secondary N) is 3. The largest absolute Gasteiger partial charge is 0.480 e. The van der Waals surface area contributed by atoms with Crippen LogP contribution in [-0.2, 0) is 24.0 Å². The fourth-order valence-electron chi connectivity index (χ4n) is 3.34. The van der Waals surface area contributed by atoms with Crippen molar-refractivity contribution in [3.63, 3.8) is 0 Å². The summed E-state index contributed by atoms with van der Waals surface area (Å²) >= 11 is 0. The molecule has 0 saturated carbocycles. The van der Waals surface area contributed by atoms with Crippen LogP contribution in [0.3, 0.4) is 0 Å². The molecule has 222 valence electrons. The molecule has 0 rings (SSSR count). The molecule has 0 aromatic heterocycles. The molecule has 0 bridgehead atoms. The Morgan fingerprint density at radius 1 is 0.769 bits per heavy atom. The van der Waals surface area contributed by atoms with Gasteiger partial charge in [0.15, 0.2) is 11.9 Å². The van der Waals surface area contributed by atoms with Gasteiger partial charge in [0.25, 0.3) is 0 Å². The van der Waals surface area contributed by atoms with Gasteiger partial charge in [-0.3, -0.25) is 29.2 Å². The van der Waals surface area contributed by atoms with Crippen LogP contribution in [0.5, 0.6) is 0 Å². The van der Waals surface area contributed by atoms with E-state index in [0.29, 0.717) is 6.42 Å². The van der Waals surface area contributed by atoms with Crippen molar-refractivity contribution in [2.75, 3.05) is 13.1 Å². The summed E-state index contributed by atoms with van der Waals surface area (Å²) in [4.78, 5) is 69.2. The van der Waals surface area contributed by atoms with Crippen LogP contribution in [0.1, 0.15) is 52.4 Å². The number of hydrogen-bond acceptors (Lipinski definition) is 8. The Kier molecular flexibility index (Phi) is 16.2. The quantitative estimate of drug-likeness (QED) is 0.0413. The first-order chi connectivity index (χ1) is 18.2. The number of rotatable bonds is 19. The maximum atomic E-state index is 13.2. The molecule has 0 aromatic carbocycles. The average molecular weight is 558 g/mol. The highest BCUT2D eigenvalue weighted by molar-refractivity contribution is 5.95. The number of aliphatic carboxylic acids is 1. The standard InChI is InChI=1S/C22H43N11O6/c1-3-11(2)16(19(37)32-14(20(38)39)7-5-9-30-22(27)28)33-18(36)13(6-4-8-29-21(25)26)31-17(35)12(23)10-15(24)34/h11-14,16H,3-10,23H2,1-2H3,(H2,24,34)(H,31,35)(H,32,37)(H,33,36)(H,38,39)(H4,25,26,29)(H4,27,28,30). The van der Waals surface area contributed by atoms with E-state index in [2.05, 4.69) is 25.9 Å². The van der Waals surface area contributed by atoms with Crippen molar-refractivity contribution >= 4 is 41.5 Å². The van der Waals surface area contributed by atoms with Crippen LogP contribution in [0.2, 0.25) is 0 Å². The Labute approximate surface area is 226 Å². The Morgan fingerprint density at radius 2 is 1.26 bits per heavy atom. The van der Waals surface area contributed by atoms with Crippen LogP contribution >= 0.6 is 0 Å². The summed E-state index contributed by atoms with van der Waals surface area (Å²) in [6, 6.07) is -4.84. The first-order valence-corrected chi connectivity index (χ1v) is 12.5. The summed E-state index contributed by atoms with van der Waals surface area (Å²) < 4.78 is 0. The summed E-state index contributed by atoms with van der Waals surface area (Å²) in [6.07, 6.45) is 0.691. The van der Waals surface area contributed by atoms with E-state index >= 15 is 0 Å². The van der Waals surface area contributed by atoms with E-state index in [0.717, 1.165) is 0 Å². The number of nitrogens with two attached hydrogens (primary N) is 6. The van der Waals surface area contributed by atoms with Crippen molar-refractivity contribution in [2.45, 2.75) is 76.5 Å². The maximum absolute atomic E-state index is 13.2. The third-order valence-corrected chi connectivity index (χ3v) is 5.69. The monoisotopic (exact) mass is 557 g/mol. The van der Waals surface area contributed by atoms with Gasteiger partial charge in [-0.15, -0.1) is 0 Å². The van der Waals surface area contributed by atoms with Gasteiger partial charge in [-0.1, -0.05) is 20.3 Å². The van der Waals surface area contributed by atoms with Crippen LogP contribution in [-0.4, -0.2) is 83.9 Å². The van der Waals surface area contributed by atoms with Gasteiger partial charge in [0.05, 0.1) is 12.5 Å². The second kappa shape index (κ2) is 18.2. The Morgan fingerprint density at radius 3 is 1.69 bits per heavy atom. The molecule has 0 aliphatic carbocycles. The predicted octanol–water partition coefficient (Wildman–Crippen LogP) is -4.12. The Bertz CT molecular complexity index is 903. The fourth-order valence-corrected chi connectivity index (χ4v) is 3.34. The van der Waals surface area contributed by atoms with Crippen molar-refractivity contribution in [1.82, 2.24) is 16.0 Å². The molecule has 39 heavy (non-hydrogen) atoms. The number of carbonyl (C=O) groups excluding carboxylic acids is 4. The van der Waals surface area contributed by atoms with E-state index in [-0.39, 0.29) is 50.7 Å². The molecule has 5 atom stereocenters. The molecule has 17 nitrogen and oxygen atoms in total. The molecular weight excluding hydrogens is 514 g/mol. The number of carboxylic acid groups (broad SMARTS) is 1. The molecule has 0 aromatic rings. The molecule has 16 N–H and O–H groups in total. The summed E-state index contributed by atoms with van der Waals surface area (Å²) in [7, 11) is 0. The molecule has 0 spiro atoms. The highest BCUT2D eigenvalue weighted by Crippen LogP contribution is 2.11. The Balaban J connectivity index is 5.65. The minimum atomic E-state index is -1.29. The first-order valence-electron chi connectivity index (χ1n) is 12.5. The van der Waals surface area contributed by atoms with Crippen molar-refractivity contribution < 1.29 is 29.1 Å². The SMILES string of the molecule is CCC(C)C(NC(=O)C(CCCN=C(N)N)NC(=O)C(N)CC(N)=O)C(=O)NC(CCCN=C(N)N)C(=O)O. The van der Waals surface area contributed by atoms with E-state index < -0.39 is 66.1 Å². The molecule has 0 aliphatic heterocycles. The zero-order chi connectivity index (χ0) is 30.1. The van der Waals surface area contributed by atoms with Crippen LogP contribution in [0.25, 0.3) is 0 Å². The number of carbonyl (C=O) groups is 5. The van der Waals surface area contributed by atoms with E-state index in [1.54, 1.807) is 13.8 Å². The second-order valence-corrected chi connectivity index (χ2v) is 9.01. The molecule has 5 unspecified atom stereocenters. The van der Waals surface area contributed by atoms with Gasteiger partial charge in [0.2, 0.25) is 23.6 Å². The van der Waals surface area contributed by atoms with Crippen molar-refractivity contribution in [3.8, 4) is 0 Å². The minimum Gasteiger partial charge on any atom is -0.480 e. The lowest BCUT2D eigenvalue weighted by atomic mass is 9.96. The summed E-state index contributed by atoms with van der Waals surface area (Å²) in [5, 5.41) is 17.0. The molecule has 0 fully saturated rings. The normalized spacial score (nSPS) is 14.4. The first kappa shape index (κ1) is 34.9. The van der Waals surface area contributed by atoms with E-state index in [4.69, 9.17) is 34.4 Å². The van der Waals surface area contributed by atoms with Gasteiger partial charge in [0, 0.05) is 13.1 Å². The van der Waals surface area contributed by atoms with Gasteiger partial charge >= 0.3 is 5.97 Å². The Hall–Kier alpha value is -4.15. The lowest BCUT2D eigenvalue weighted by molar-refractivity contribution is -0.143. The third kappa shape index (κ3) is 15.0. The zero-order valence-corrected chi connectivity index (χ0v) is 22.4. The summed E-state index contributed by atoms with van der Waals surface area (Å²) in [5.41, 5.74) is 31.9. The molecule has 0 aliphatic rings. The number of aliphatic imine (C=N–C) groups is 2. The third-order valence-electron chi connectivity index (χ3n) is 5.69. The number of hydrogen-bond donors (Lipinski definition) is 10. The van der Waals surface area contributed by atoms with Crippen LogP contribution in [0.4, 0.5) is 0 Å². The second-order valence-electron chi connectivity index (χ2n) is 9.01. The molecule has 0 radical (unpaired) electrons. The summed E-state index contributed by atoms with van der Waals surface area (Å²) in [6.45, 7) is 3.82. The van der Waals surface area contributed by atoms with Crippen molar-refractivity contribution in [3.05, 3.63) is 0 Å². The number of carboxylic acids is 1. The number of nitrogens with zero attached hydrogens (tertiary/aromatic N) is 2. The number of amides is 4. The number of primary amides is 1. The lowest BCUT2D eigenvalue weighted by Gasteiger charge is -2.28. The van der Waals surface area contributed by atoms with Gasteiger partial charge in [-0.2, -0.15) is 0 Å². The smallest absolute Gasteiger partial charge is 0.326 e. The van der Waals surface area contributed by atoms with Gasteiger partial charge < -0.3 is 55.5 Å². The van der Waals surface area contributed by atoms with Crippen molar-refractivity contribution in [1.29, 1.82) is 0 Å². The maximum Gasteiger partial charge on any atom is 0.326 e. The summed E-state index contributed by atoms with van der Waals surface area (Å²) in [5.74, 6) is -5.00. The molecule has 4 amide bonds. The average Bonchev–Trinajstić information content (AvgIpc) is 2.84. The highest BCUT2D eigenvalue weighted by atomic mass is 16.4. The lowest BCUT2D eigenvalue weighted by Crippen LogP contribution is -2.58. The van der Waals surface area contributed by atoms with Gasteiger partial charge in [0.1, 0.15) is 18.1 Å². The highest BCUT2D eigenvalue weighted by Gasteiger charge is 2.32. The zero-order valence-electron chi connectivity index (χ0n) is 22.4. The predicted molar refractivity (Wildman–Crippen MR) is 144 cm³/mol. The number of guanidine groups is 2. The molecule has 0 saturated heterocycles. The van der Waals surface area contributed by atoms with Gasteiger partial charge in [-0.25, -0.2) is 4.79 Å². The van der Waals surface area contributed by atoms with Crippen LogP contribution in [0.15, 0.2) is 9.98 Å². The molecular formula is C22H43N11O6. The molecule has 0 heterocycles. The van der Waals surface area contributed by atoms with Crippen LogP contribution in [0, 0.1) is 5.92 Å². The minimum absolute atomic E-state index is 0.0419. The van der Waals surface area contributed by atoms with E-state index in [1.807, 2.05) is 0 Å². The topological polar surface area (TPSA) is 323 Å². The van der Waals surface area contributed by atoms with Crippen molar-refractivity contribution in [2.24, 2.45) is 50.3 Å². The van der Waals surface area contributed by atoms with E-state index in [1.165, 1.54) is 0 Å². The van der Waals surface area contributed by atoms with Gasteiger partial charge in [-0.05, 0) is 31.6 Å². The molecule has 17 heteroatoms. The fraction of sp³-hybridized carbons (Fsp3) is 0.682. The van der Waals surface area contributed by atoms with Crippen LogP contribution < -0.4 is 50.4 Å². The van der Waals surface area contributed by atoms with E-state index in [9.17, 15) is 29.1 Å².